The number of hydrogen-bond acceptors (Lipinski definition) is 5. The number of benzene rings is 1. The number of aryl methyl sites for hydroxylation is 2. The van der Waals surface area contributed by atoms with Gasteiger partial charge in [0.05, 0.1) is 23.3 Å². The number of rotatable bonds is 4. The van der Waals surface area contributed by atoms with Crippen LogP contribution in [0.25, 0.3) is 22.3 Å². The number of nitrogens with one attached hydrogen (secondary N) is 1. The first-order valence-corrected chi connectivity index (χ1v) is 8.50. The van der Waals surface area contributed by atoms with Crippen molar-refractivity contribution >= 4 is 17.0 Å². The van der Waals surface area contributed by atoms with E-state index in [4.69, 9.17) is 4.98 Å². The molecule has 0 unspecified atom stereocenters. The summed E-state index contributed by atoms with van der Waals surface area (Å²) >= 11 is 0. The Bertz CT molecular complexity index is 1020. The van der Waals surface area contributed by atoms with Gasteiger partial charge in [-0.25, -0.2) is 15.0 Å². The van der Waals surface area contributed by atoms with E-state index in [0.717, 1.165) is 28.1 Å². The minimum Gasteiger partial charge on any atom is -0.340 e. The quantitative estimate of drug-likeness (QED) is 0.612. The SMILES string of the molecule is Cc1cc2nc(CN(C)c3nccc(-c4ccncc4)n3)[nH]c2cc1C. The number of imidazole rings is 1. The summed E-state index contributed by atoms with van der Waals surface area (Å²) in [5.41, 5.74) is 6.45. The van der Waals surface area contributed by atoms with Crippen molar-refractivity contribution in [2.45, 2.75) is 20.4 Å². The fourth-order valence-corrected chi connectivity index (χ4v) is 2.91. The lowest BCUT2D eigenvalue weighted by atomic mass is 10.1. The predicted molar refractivity (Wildman–Crippen MR) is 103 cm³/mol. The second-order valence-corrected chi connectivity index (χ2v) is 6.47. The Balaban J connectivity index is 1.59. The molecule has 6 nitrogen and oxygen atoms in total. The van der Waals surface area contributed by atoms with Gasteiger partial charge in [0.25, 0.3) is 0 Å². The number of fused-ring (bicyclic) bond motifs is 1. The zero-order valence-electron chi connectivity index (χ0n) is 15.1. The summed E-state index contributed by atoms with van der Waals surface area (Å²) in [6, 6.07) is 10.0. The second kappa shape index (κ2) is 6.55. The molecule has 0 amide bonds. The molecule has 0 aliphatic heterocycles. The maximum atomic E-state index is 4.70. The highest BCUT2D eigenvalue weighted by Crippen LogP contribution is 2.20. The zero-order valence-corrected chi connectivity index (χ0v) is 15.1. The van der Waals surface area contributed by atoms with Crippen molar-refractivity contribution in [3.63, 3.8) is 0 Å². The minimum absolute atomic E-state index is 0.604. The number of aromatic nitrogens is 5. The Labute approximate surface area is 152 Å². The minimum atomic E-state index is 0.604. The molecule has 0 aliphatic carbocycles. The third kappa shape index (κ3) is 3.13. The fourth-order valence-electron chi connectivity index (χ4n) is 2.91. The summed E-state index contributed by atoms with van der Waals surface area (Å²) in [7, 11) is 1.97. The molecule has 3 heterocycles. The van der Waals surface area contributed by atoms with Crippen LogP contribution in [-0.4, -0.2) is 32.0 Å². The molecule has 6 heteroatoms. The Morgan fingerprint density at radius 2 is 1.73 bits per heavy atom. The van der Waals surface area contributed by atoms with Gasteiger partial charge in [0.15, 0.2) is 0 Å². The smallest absolute Gasteiger partial charge is 0.226 e. The normalized spacial score (nSPS) is 11.0. The van der Waals surface area contributed by atoms with Gasteiger partial charge in [0.2, 0.25) is 5.95 Å². The number of H-pyrrole nitrogens is 1. The van der Waals surface area contributed by atoms with Gasteiger partial charge >= 0.3 is 0 Å². The second-order valence-electron chi connectivity index (χ2n) is 6.47. The standard InChI is InChI=1S/C20H20N6/c1-13-10-17-18(11-14(13)2)24-19(23-17)12-26(3)20-22-9-6-16(25-20)15-4-7-21-8-5-15/h4-11H,12H2,1-3H3,(H,23,24). The van der Waals surface area contributed by atoms with E-state index in [1.807, 2.05) is 30.1 Å². The molecular formula is C20H20N6. The van der Waals surface area contributed by atoms with E-state index in [2.05, 4.69) is 45.9 Å². The molecule has 0 aliphatic rings. The van der Waals surface area contributed by atoms with Crippen LogP contribution in [0.2, 0.25) is 0 Å². The van der Waals surface area contributed by atoms with Gasteiger partial charge in [-0.05, 0) is 55.3 Å². The van der Waals surface area contributed by atoms with Crippen molar-refractivity contribution in [3.05, 3.63) is 65.9 Å². The number of aromatic amines is 1. The first-order valence-electron chi connectivity index (χ1n) is 8.50. The summed E-state index contributed by atoms with van der Waals surface area (Å²) in [6.45, 7) is 4.82. The molecule has 4 rings (SSSR count). The Morgan fingerprint density at radius 3 is 2.54 bits per heavy atom. The van der Waals surface area contributed by atoms with Crippen LogP contribution in [0.1, 0.15) is 17.0 Å². The summed E-state index contributed by atoms with van der Waals surface area (Å²) in [5.74, 6) is 1.55. The van der Waals surface area contributed by atoms with E-state index in [9.17, 15) is 0 Å². The monoisotopic (exact) mass is 344 g/mol. The maximum Gasteiger partial charge on any atom is 0.226 e. The van der Waals surface area contributed by atoms with Gasteiger partial charge in [0, 0.05) is 31.2 Å². The van der Waals surface area contributed by atoms with Crippen LogP contribution in [0.5, 0.6) is 0 Å². The maximum absolute atomic E-state index is 4.70. The molecule has 4 aromatic rings. The largest absolute Gasteiger partial charge is 0.340 e. The van der Waals surface area contributed by atoms with E-state index in [1.165, 1.54) is 11.1 Å². The molecule has 0 saturated carbocycles. The summed E-state index contributed by atoms with van der Waals surface area (Å²) in [4.78, 5) is 23.2. The summed E-state index contributed by atoms with van der Waals surface area (Å²) < 4.78 is 0. The first kappa shape index (κ1) is 16.2. The molecule has 0 saturated heterocycles. The van der Waals surface area contributed by atoms with Crippen LogP contribution in [0, 0.1) is 13.8 Å². The van der Waals surface area contributed by atoms with Crippen LogP contribution in [0.4, 0.5) is 5.95 Å². The van der Waals surface area contributed by atoms with Gasteiger partial charge < -0.3 is 9.88 Å². The molecule has 0 fully saturated rings. The van der Waals surface area contributed by atoms with Gasteiger partial charge in [-0.2, -0.15) is 0 Å². The number of hydrogen-bond donors (Lipinski definition) is 1. The first-order chi connectivity index (χ1) is 12.6. The van der Waals surface area contributed by atoms with Crippen LogP contribution in [-0.2, 0) is 6.54 Å². The van der Waals surface area contributed by atoms with Crippen molar-refractivity contribution in [2.24, 2.45) is 0 Å². The molecule has 0 bridgehead atoms. The van der Waals surface area contributed by atoms with Crippen LogP contribution >= 0.6 is 0 Å². The average molecular weight is 344 g/mol. The van der Waals surface area contributed by atoms with Crippen molar-refractivity contribution < 1.29 is 0 Å². The average Bonchev–Trinajstić information content (AvgIpc) is 3.04. The molecule has 0 atom stereocenters. The molecule has 26 heavy (non-hydrogen) atoms. The molecule has 130 valence electrons. The van der Waals surface area contributed by atoms with Crippen LogP contribution < -0.4 is 4.90 Å². The highest BCUT2D eigenvalue weighted by molar-refractivity contribution is 5.77. The number of anilines is 1. The highest BCUT2D eigenvalue weighted by Gasteiger charge is 2.11. The fraction of sp³-hybridized carbons (Fsp3) is 0.200. The molecule has 3 aromatic heterocycles. The van der Waals surface area contributed by atoms with E-state index in [1.54, 1.807) is 18.6 Å². The lowest BCUT2D eigenvalue weighted by Crippen LogP contribution is -2.20. The lowest BCUT2D eigenvalue weighted by molar-refractivity contribution is 0.826. The topological polar surface area (TPSA) is 70.6 Å². The highest BCUT2D eigenvalue weighted by atomic mass is 15.2. The van der Waals surface area contributed by atoms with Crippen molar-refractivity contribution in [1.82, 2.24) is 24.9 Å². The van der Waals surface area contributed by atoms with E-state index >= 15 is 0 Å². The third-order valence-corrected chi connectivity index (χ3v) is 4.49. The van der Waals surface area contributed by atoms with Crippen LogP contribution in [0.3, 0.4) is 0 Å². The van der Waals surface area contributed by atoms with Crippen LogP contribution in [0.15, 0.2) is 48.9 Å². The number of nitrogens with zero attached hydrogens (tertiary/aromatic N) is 5. The van der Waals surface area contributed by atoms with Gasteiger partial charge in [-0.15, -0.1) is 0 Å². The molecule has 0 radical (unpaired) electrons. The van der Waals surface area contributed by atoms with Gasteiger partial charge in [-0.1, -0.05) is 0 Å². The third-order valence-electron chi connectivity index (χ3n) is 4.49. The molecule has 1 N–H and O–H groups in total. The van der Waals surface area contributed by atoms with Gasteiger partial charge in [0.1, 0.15) is 5.82 Å². The van der Waals surface area contributed by atoms with Crippen molar-refractivity contribution in [1.29, 1.82) is 0 Å². The molecular weight excluding hydrogens is 324 g/mol. The summed E-state index contributed by atoms with van der Waals surface area (Å²) in [5, 5.41) is 0. The number of pyridine rings is 1. The van der Waals surface area contributed by atoms with Crippen molar-refractivity contribution in [3.8, 4) is 11.3 Å². The lowest BCUT2D eigenvalue weighted by Gasteiger charge is -2.16. The molecule has 1 aromatic carbocycles. The Kier molecular flexibility index (Phi) is 4.08. The van der Waals surface area contributed by atoms with Crippen molar-refractivity contribution in [2.75, 3.05) is 11.9 Å². The summed E-state index contributed by atoms with van der Waals surface area (Å²) in [6.07, 6.45) is 5.30. The Morgan fingerprint density at radius 1 is 0.962 bits per heavy atom. The Hall–Kier alpha value is -3.28. The van der Waals surface area contributed by atoms with E-state index < -0.39 is 0 Å². The van der Waals surface area contributed by atoms with Gasteiger partial charge in [-0.3, -0.25) is 4.98 Å². The van der Waals surface area contributed by atoms with E-state index in [0.29, 0.717) is 12.5 Å². The van der Waals surface area contributed by atoms with E-state index in [-0.39, 0.29) is 0 Å². The molecule has 0 spiro atoms. The zero-order chi connectivity index (χ0) is 18.1. The predicted octanol–water partition coefficient (Wildman–Crippen LogP) is 3.67.